The van der Waals surface area contributed by atoms with Crippen molar-refractivity contribution in [2.75, 3.05) is 12.8 Å². The molecule has 0 radical (unpaired) electrons. The molecule has 0 spiro atoms. The molecule has 2 nitrogen and oxygen atoms in total. The summed E-state index contributed by atoms with van der Waals surface area (Å²) >= 11 is 5.12. The van der Waals surface area contributed by atoms with Gasteiger partial charge in [0, 0.05) is 6.16 Å². The summed E-state index contributed by atoms with van der Waals surface area (Å²) in [6, 6.07) is 0. The molecule has 16 heavy (non-hydrogen) atoms. The number of unbranched alkanes of at least 4 members (excludes halogenated alkanes) is 6. The Morgan fingerprint density at radius 1 is 0.938 bits per heavy atom. The van der Waals surface area contributed by atoms with Crippen molar-refractivity contribution in [2.24, 2.45) is 0 Å². The van der Waals surface area contributed by atoms with Crippen LogP contribution in [0.25, 0.3) is 0 Å². The number of hydrogen-bond acceptors (Lipinski definition) is 2. The van der Waals surface area contributed by atoms with Crippen LogP contribution in [0.3, 0.4) is 0 Å². The second-order valence-electron chi connectivity index (χ2n) is 4.32. The van der Waals surface area contributed by atoms with Gasteiger partial charge < -0.3 is 9.42 Å². The van der Waals surface area contributed by atoms with E-state index in [2.05, 4.69) is 13.8 Å². The maximum atomic E-state index is 9.87. The fraction of sp³-hybridized carbons (Fsp3) is 1.00. The van der Waals surface area contributed by atoms with Gasteiger partial charge in [0.25, 0.3) is 0 Å². The monoisotopic (exact) mass is 266 g/mol. The van der Waals surface area contributed by atoms with Crippen molar-refractivity contribution in [1.82, 2.24) is 0 Å². The highest BCUT2D eigenvalue weighted by Crippen LogP contribution is 2.43. The largest absolute Gasteiger partial charge is 0.345 e. The molecule has 0 saturated heterocycles. The Morgan fingerprint density at radius 2 is 1.50 bits per heavy atom. The van der Waals surface area contributed by atoms with Crippen molar-refractivity contribution in [3.63, 3.8) is 0 Å². The van der Waals surface area contributed by atoms with Crippen LogP contribution >= 0.6 is 6.49 Å². The standard InChI is InChI=1S/C12H27O2PS/c1-3-5-7-9-11-14-15(13,16)12-10-8-6-4-2/h3-12H2,1-2H3,(H,13,16). The predicted molar refractivity (Wildman–Crippen MR) is 75.6 cm³/mol. The van der Waals surface area contributed by atoms with E-state index in [0.717, 1.165) is 19.3 Å². The van der Waals surface area contributed by atoms with Crippen molar-refractivity contribution in [3.8, 4) is 0 Å². The Hall–Kier alpha value is 0.570. The summed E-state index contributed by atoms with van der Waals surface area (Å²) in [5.41, 5.74) is 0. The predicted octanol–water partition coefficient (Wildman–Crippen LogP) is 4.47. The maximum Gasteiger partial charge on any atom is 0.186 e. The van der Waals surface area contributed by atoms with Gasteiger partial charge in [-0.2, -0.15) is 0 Å². The summed E-state index contributed by atoms with van der Waals surface area (Å²) in [4.78, 5) is 9.87. The zero-order valence-corrected chi connectivity index (χ0v) is 12.5. The lowest BCUT2D eigenvalue weighted by atomic mass is 10.2. The molecule has 0 amide bonds. The van der Waals surface area contributed by atoms with Crippen molar-refractivity contribution in [2.45, 2.75) is 65.2 Å². The van der Waals surface area contributed by atoms with Crippen molar-refractivity contribution in [1.29, 1.82) is 0 Å². The molecular formula is C12H27O2PS. The summed E-state index contributed by atoms with van der Waals surface area (Å²) in [6.45, 7) is 2.56. The van der Waals surface area contributed by atoms with Crippen LogP contribution in [0.4, 0.5) is 0 Å². The molecule has 0 rings (SSSR count). The number of hydrogen-bond donors (Lipinski definition) is 1. The molecular weight excluding hydrogens is 239 g/mol. The van der Waals surface area contributed by atoms with Gasteiger partial charge in [0.15, 0.2) is 6.49 Å². The molecule has 0 aliphatic heterocycles. The Kier molecular flexibility index (Phi) is 11.1. The van der Waals surface area contributed by atoms with Gasteiger partial charge in [0.2, 0.25) is 0 Å². The highest BCUT2D eigenvalue weighted by Gasteiger charge is 2.12. The zero-order chi connectivity index (χ0) is 12.3. The summed E-state index contributed by atoms with van der Waals surface area (Å²) < 4.78 is 5.44. The van der Waals surface area contributed by atoms with E-state index in [4.69, 9.17) is 16.3 Å². The van der Waals surface area contributed by atoms with E-state index in [1.807, 2.05) is 0 Å². The third kappa shape index (κ3) is 11.1. The van der Waals surface area contributed by atoms with Crippen molar-refractivity contribution < 1.29 is 9.42 Å². The first-order valence-electron chi connectivity index (χ1n) is 6.58. The van der Waals surface area contributed by atoms with Crippen LogP contribution in [-0.2, 0) is 16.3 Å². The molecule has 0 aliphatic carbocycles. The van der Waals surface area contributed by atoms with Gasteiger partial charge in [0.05, 0.1) is 6.61 Å². The van der Waals surface area contributed by atoms with Crippen LogP contribution < -0.4 is 0 Å². The molecule has 0 fully saturated rings. The quantitative estimate of drug-likeness (QED) is 0.442. The Labute approximate surface area is 106 Å². The van der Waals surface area contributed by atoms with Gasteiger partial charge in [-0.1, -0.05) is 52.4 Å². The van der Waals surface area contributed by atoms with E-state index in [0.29, 0.717) is 12.8 Å². The second kappa shape index (κ2) is 10.7. The minimum absolute atomic E-state index is 0.640. The Balaban J connectivity index is 3.43. The zero-order valence-electron chi connectivity index (χ0n) is 10.8. The first-order valence-corrected chi connectivity index (χ1v) is 9.44. The molecule has 0 bridgehead atoms. The molecule has 4 heteroatoms. The molecule has 0 aromatic rings. The average molecular weight is 266 g/mol. The van der Waals surface area contributed by atoms with E-state index in [1.54, 1.807) is 0 Å². The molecule has 0 heterocycles. The van der Waals surface area contributed by atoms with E-state index >= 15 is 0 Å². The number of rotatable bonds is 11. The fourth-order valence-corrected chi connectivity index (χ4v) is 3.32. The molecule has 0 aromatic carbocycles. The van der Waals surface area contributed by atoms with Gasteiger partial charge in [-0.05, 0) is 24.6 Å². The highest BCUT2D eigenvalue weighted by molar-refractivity contribution is 8.09. The van der Waals surface area contributed by atoms with Crippen LogP contribution in [-0.4, -0.2) is 17.7 Å². The van der Waals surface area contributed by atoms with Crippen molar-refractivity contribution in [3.05, 3.63) is 0 Å². The van der Waals surface area contributed by atoms with Crippen LogP contribution in [0.2, 0.25) is 0 Å². The average Bonchev–Trinajstić information content (AvgIpc) is 2.24. The summed E-state index contributed by atoms with van der Waals surface area (Å²) in [7, 11) is 0. The van der Waals surface area contributed by atoms with E-state index in [1.165, 1.54) is 32.1 Å². The topological polar surface area (TPSA) is 29.5 Å². The third-order valence-electron chi connectivity index (χ3n) is 2.59. The minimum Gasteiger partial charge on any atom is -0.345 e. The lowest BCUT2D eigenvalue weighted by Gasteiger charge is -2.15. The molecule has 1 unspecified atom stereocenters. The molecule has 0 aliphatic rings. The maximum absolute atomic E-state index is 9.87. The fourth-order valence-electron chi connectivity index (χ4n) is 1.54. The molecule has 98 valence electrons. The van der Waals surface area contributed by atoms with E-state index in [9.17, 15) is 4.89 Å². The van der Waals surface area contributed by atoms with Gasteiger partial charge >= 0.3 is 0 Å². The SMILES string of the molecule is CCCCCCOP(O)(=S)CCCCCC. The van der Waals surface area contributed by atoms with Gasteiger partial charge in [-0.15, -0.1) is 0 Å². The third-order valence-corrected chi connectivity index (χ3v) is 4.92. The van der Waals surface area contributed by atoms with E-state index in [-0.39, 0.29) is 0 Å². The highest BCUT2D eigenvalue weighted by atomic mass is 32.5. The molecule has 0 aromatic heterocycles. The van der Waals surface area contributed by atoms with Gasteiger partial charge in [-0.25, -0.2) is 0 Å². The normalized spacial score (nSPS) is 14.9. The molecule has 1 N–H and O–H groups in total. The minimum atomic E-state index is -2.45. The lowest BCUT2D eigenvalue weighted by molar-refractivity contribution is 0.296. The molecule has 0 saturated carbocycles. The summed E-state index contributed by atoms with van der Waals surface area (Å²) in [5.74, 6) is 0. The molecule has 1 atom stereocenters. The lowest BCUT2D eigenvalue weighted by Crippen LogP contribution is -1.97. The summed E-state index contributed by atoms with van der Waals surface area (Å²) in [6.07, 6.45) is 9.99. The smallest absolute Gasteiger partial charge is 0.186 e. The first-order chi connectivity index (χ1) is 7.62. The van der Waals surface area contributed by atoms with Crippen molar-refractivity contribution >= 4 is 18.3 Å². The van der Waals surface area contributed by atoms with Crippen LogP contribution in [0.1, 0.15) is 65.2 Å². The second-order valence-corrected chi connectivity index (χ2v) is 8.01. The van der Waals surface area contributed by atoms with Gasteiger partial charge in [-0.3, -0.25) is 0 Å². The van der Waals surface area contributed by atoms with Crippen LogP contribution in [0.15, 0.2) is 0 Å². The Bertz CT molecular complexity index is 197. The van der Waals surface area contributed by atoms with E-state index < -0.39 is 6.49 Å². The first kappa shape index (κ1) is 16.6. The summed E-state index contributed by atoms with van der Waals surface area (Å²) in [5, 5.41) is 0. The van der Waals surface area contributed by atoms with Gasteiger partial charge in [0.1, 0.15) is 0 Å². The van der Waals surface area contributed by atoms with Crippen LogP contribution in [0, 0.1) is 0 Å². The Morgan fingerprint density at radius 3 is 2.06 bits per heavy atom. The van der Waals surface area contributed by atoms with Crippen LogP contribution in [0.5, 0.6) is 0 Å².